The Hall–Kier alpha value is -6.94. The molecule has 0 spiro atoms. The summed E-state index contributed by atoms with van der Waals surface area (Å²) >= 11 is 0. The standard InChI is InChI=1S/C52H40F6N4/c1-27-23-29(3)45(30(4)24-27)49-41-19-15-37(59-41)47(33-7-11-35(12-8-33)51(53,54)55)39-17-21-43(61-39)50(46-31(5)25-28(2)26-32(46)6)44-22-18-40(62-44)48(38-16-20-42(49)60-38)34-9-13-36(14-10-34)52(56,57)58/h7-26,59,62H,1-6H3. The van der Waals surface area contributed by atoms with Crippen LogP contribution in [0.2, 0.25) is 0 Å². The molecule has 9 rings (SSSR count). The van der Waals surface area contributed by atoms with Gasteiger partial charge in [0.25, 0.3) is 0 Å². The van der Waals surface area contributed by atoms with Crippen LogP contribution >= 0.6 is 0 Å². The number of aromatic amines is 2. The van der Waals surface area contributed by atoms with Crippen molar-refractivity contribution >= 4 is 46.4 Å². The first-order valence-electron chi connectivity index (χ1n) is 20.1. The maximum Gasteiger partial charge on any atom is 0.416 e. The van der Waals surface area contributed by atoms with E-state index in [2.05, 4.69) is 34.2 Å². The first-order chi connectivity index (χ1) is 29.4. The Bertz CT molecular complexity index is 2930. The smallest absolute Gasteiger partial charge is 0.354 e. The molecule has 5 heterocycles. The number of alkyl halides is 6. The zero-order valence-corrected chi connectivity index (χ0v) is 34.7. The van der Waals surface area contributed by atoms with Crippen LogP contribution in [0.4, 0.5) is 26.3 Å². The molecule has 62 heavy (non-hydrogen) atoms. The average Bonchev–Trinajstić information content (AvgIpc) is 4.04. The van der Waals surface area contributed by atoms with Crippen molar-refractivity contribution < 1.29 is 26.3 Å². The van der Waals surface area contributed by atoms with E-state index in [9.17, 15) is 26.3 Å². The van der Waals surface area contributed by atoms with Crippen LogP contribution in [0.25, 0.3) is 90.9 Å². The van der Waals surface area contributed by atoms with Gasteiger partial charge in [-0.25, -0.2) is 9.97 Å². The number of H-pyrrole nitrogens is 2. The summed E-state index contributed by atoms with van der Waals surface area (Å²) in [5, 5.41) is 0. The van der Waals surface area contributed by atoms with Gasteiger partial charge in [-0.05, 0) is 159 Å². The topological polar surface area (TPSA) is 57.4 Å². The fourth-order valence-electron chi connectivity index (χ4n) is 9.14. The summed E-state index contributed by atoms with van der Waals surface area (Å²) in [6.45, 7) is 12.2. The minimum atomic E-state index is -4.51. The predicted molar refractivity (Wildman–Crippen MR) is 239 cm³/mol. The summed E-state index contributed by atoms with van der Waals surface area (Å²) < 4.78 is 83.1. The number of benzene rings is 4. The first kappa shape index (κ1) is 40.5. The highest BCUT2D eigenvalue weighted by Crippen LogP contribution is 2.42. The van der Waals surface area contributed by atoms with Crippen molar-refractivity contribution in [2.75, 3.05) is 0 Å². The highest BCUT2D eigenvalue weighted by atomic mass is 19.4. The van der Waals surface area contributed by atoms with Gasteiger partial charge in [0.1, 0.15) is 0 Å². The molecular formula is C52H40F6N4. The molecule has 3 aromatic heterocycles. The molecule has 310 valence electrons. The van der Waals surface area contributed by atoms with Crippen molar-refractivity contribution in [3.8, 4) is 44.5 Å². The van der Waals surface area contributed by atoms with Crippen molar-refractivity contribution in [1.82, 2.24) is 19.9 Å². The lowest BCUT2D eigenvalue weighted by atomic mass is 9.92. The summed E-state index contributed by atoms with van der Waals surface area (Å²) in [5.41, 5.74) is 15.5. The Morgan fingerprint density at radius 2 is 0.629 bits per heavy atom. The van der Waals surface area contributed by atoms with Crippen LogP contribution in [0.5, 0.6) is 0 Å². The summed E-state index contributed by atoms with van der Waals surface area (Å²) in [6, 6.07) is 26.4. The van der Waals surface area contributed by atoms with Gasteiger partial charge in [-0.2, -0.15) is 26.3 Å². The second-order valence-corrected chi connectivity index (χ2v) is 16.2. The number of fused-ring (bicyclic) bond motifs is 8. The zero-order valence-electron chi connectivity index (χ0n) is 34.7. The van der Waals surface area contributed by atoms with Gasteiger partial charge >= 0.3 is 12.4 Å². The fraction of sp³-hybridized carbons (Fsp3) is 0.154. The van der Waals surface area contributed by atoms with Crippen molar-refractivity contribution in [2.45, 2.75) is 53.9 Å². The van der Waals surface area contributed by atoms with E-state index in [1.54, 1.807) is 0 Å². The molecular weight excluding hydrogens is 795 g/mol. The van der Waals surface area contributed by atoms with Crippen LogP contribution in [-0.2, 0) is 12.4 Å². The normalized spacial score (nSPS) is 12.7. The van der Waals surface area contributed by atoms with Gasteiger partial charge in [-0.3, -0.25) is 0 Å². The Kier molecular flexibility index (Phi) is 9.73. The van der Waals surface area contributed by atoms with Crippen LogP contribution in [0.3, 0.4) is 0 Å². The molecule has 0 saturated carbocycles. The van der Waals surface area contributed by atoms with Crippen LogP contribution in [0.1, 0.15) is 67.3 Å². The third-order valence-electron chi connectivity index (χ3n) is 11.6. The van der Waals surface area contributed by atoms with Gasteiger partial charge in [0.05, 0.1) is 33.9 Å². The number of hydrogen-bond donors (Lipinski definition) is 2. The number of aromatic nitrogens is 4. The minimum absolute atomic E-state index is 0.539. The summed E-state index contributed by atoms with van der Waals surface area (Å²) in [6.07, 6.45) is -1.43. The lowest BCUT2D eigenvalue weighted by Crippen LogP contribution is -2.04. The Balaban J connectivity index is 1.47. The molecule has 7 aromatic rings. The van der Waals surface area contributed by atoms with Crippen LogP contribution < -0.4 is 0 Å². The fourth-order valence-corrected chi connectivity index (χ4v) is 9.14. The maximum absolute atomic E-state index is 13.9. The molecule has 0 aliphatic carbocycles. The second kappa shape index (κ2) is 14.9. The third kappa shape index (κ3) is 7.23. The summed E-state index contributed by atoms with van der Waals surface area (Å²) in [5.74, 6) is 0. The Morgan fingerprint density at radius 1 is 0.355 bits per heavy atom. The van der Waals surface area contributed by atoms with E-state index in [1.807, 2.05) is 90.1 Å². The average molecular weight is 835 g/mol. The molecule has 10 heteroatoms. The Labute approximate surface area is 354 Å². The molecule has 0 atom stereocenters. The second-order valence-electron chi connectivity index (χ2n) is 16.2. The van der Waals surface area contributed by atoms with Crippen LogP contribution in [0, 0.1) is 41.5 Å². The third-order valence-corrected chi connectivity index (χ3v) is 11.6. The van der Waals surface area contributed by atoms with Gasteiger partial charge in [-0.1, -0.05) is 59.7 Å². The number of hydrogen-bond acceptors (Lipinski definition) is 2. The molecule has 0 saturated heterocycles. The predicted octanol–water partition coefficient (Wildman–Crippen LogP) is 15.2. The monoisotopic (exact) mass is 834 g/mol. The number of nitrogens with one attached hydrogen (secondary N) is 2. The first-order valence-corrected chi connectivity index (χ1v) is 20.1. The van der Waals surface area contributed by atoms with Gasteiger partial charge in [0, 0.05) is 44.3 Å². The molecule has 2 aliphatic heterocycles. The largest absolute Gasteiger partial charge is 0.416 e. The number of rotatable bonds is 4. The highest BCUT2D eigenvalue weighted by molar-refractivity contribution is 6.01. The lowest BCUT2D eigenvalue weighted by molar-refractivity contribution is -0.138. The number of aryl methyl sites for hydroxylation is 6. The van der Waals surface area contributed by atoms with Crippen LogP contribution in [0.15, 0.2) is 97.1 Å². The molecule has 0 fully saturated rings. The lowest BCUT2D eigenvalue weighted by Gasteiger charge is -2.13. The van der Waals surface area contributed by atoms with E-state index in [0.717, 1.165) is 79.9 Å². The van der Waals surface area contributed by atoms with E-state index in [4.69, 9.17) is 9.97 Å². The van der Waals surface area contributed by atoms with Crippen LogP contribution in [-0.4, -0.2) is 19.9 Å². The zero-order chi connectivity index (χ0) is 43.8. The van der Waals surface area contributed by atoms with Crippen molar-refractivity contribution in [3.63, 3.8) is 0 Å². The quantitative estimate of drug-likeness (QED) is 0.174. The Morgan fingerprint density at radius 3 is 0.919 bits per heavy atom. The maximum atomic E-state index is 13.9. The van der Waals surface area contributed by atoms with E-state index in [0.29, 0.717) is 67.1 Å². The van der Waals surface area contributed by atoms with Gasteiger partial charge in [0.15, 0.2) is 0 Å². The van der Waals surface area contributed by atoms with Gasteiger partial charge < -0.3 is 9.97 Å². The molecule has 2 N–H and O–H groups in total. The van der Waals surface area contributed by atoms with Gasteiger partial charge in [0.2, 0.25) is 0 Å². The molecule has 0 radical (unpaired) electrons. The highest BCUT2D eigenvalue weighted by Gasteiger charge is 2.31. The van der Waals surface area contributed by atoms with Crippen molar-refractivity contribution in [2.24, 2.45) is 0 Å². The molecule has 8 bridgehead atoms. The molecule has 0 unspecified atom stereocenters. The molecule has 4 nitrogen and oxygen atoms in total. The molecule has 0 amide bonds. The van der Waals surface area contributed by atoms with E-state index >= 15 is 0 Å². The minimum Gasteiger partial charge on any atom is -0.354 e. The summed E-state index contributed by atoms with van der Waals surface area (Å²) in [7, 11) is 0. The van der Waals surface area contributed by atoms with E-state index < -0.39 is 23.5 Å². The van der Waals surface area contributed by atoms with E-state index in [-0.39, 0.29) is 0 Å². The number of nitrogens with zero attached hydrogens (tertiary/aromatic N) is 2. The molecule has 4 aromatic carbocycles. The van der Waals surface area contributed by atoms with Gasteiger partial charge in [-0.15, -0.1) is 0 Å². The van der Waals surface area contributed by atoms with Crippen molar-refractivity contribution in [3.05, 3.63) is 164 Å². The summed E-state index contributed by atoms with van der Waals surface area (Å²) in [4.78, 5) is 17.8. The van der Waals surface area contributed by atoms with Crippen molar-refractivity contribution in [1.29, 1.82) is 0 Å². The SMILES string of the molecule is Cc1cc(C)c(-c2c3nc(c(-c4ccc(C(F)(F)F)cc4)c4ccc([nH]4)c(-c4c(C)cc(C)cc4C)c4nc(c(-c5ccc(C(F)(F)F)cc5)c5ccc2[nH]5)C=C4)C=C3)c(C)c1. The van der Waals surface area contributed by atoms with E-state index in [1.165, 1.54) is 24.3 Å². The molecule has 2 aliphatic rings. The number of halogens is 6.